The molecule has 0 aliphatic heterocycles. The Morgan fingerprint density at radius 2 is 2.00 bits per heavy atom. The van der Waals surface area contributed by atoms with E-state index in [-0.39, 0.29) is 17.8 Å². The maximum absolute atomic E-state index is 12.0. The lowest BCUT2D eigenvalue weighted by Crippen LogP contribution is -2.27. The highest BCUT2D eigenvalue weighted by atomic mass is 16.6. The van der Waals surface area contributed by atoms with Crippen molar-refractivity contribution in [2.45, 2.75) is 20.4 Å². The standard InChI is InChI=1S/C16H17N3O5/c1-3-24-13-6-4-12(5-7-13)17-15(20)10-18-9-14(19(22)23)11(2)8-16(18)21/h4-9H,3,10H2,1-2H3,(H,17,20). The summed E-state index contributed by atoms with van der Waals surface area (Å²) in [5, 5.41) is 13.6. The van der Waals surface area contributed by atoms with Gasteiger partial charge in [-0.05, 0) is 38.1 Å². The zero-order valence-electron chi connectivity index (χ0n) is 13.3. The van der Waals surface area contributed by atoms with Gasteiger partial charge < -0.3 is 10.1 Å². The predicted molar refractivity (Wildman–Crippen MR) is 88.3 cm³/mol. The molecule has 0 aliphatic carbocycles. The molecular formula is C16H17N3O5. The van der Waals surface area contributed by atoms with Gasteiger partial charge in [0.05, 0.1) is 17.7 Å². The molecule has 0 radical (unpaired) electrons. The maximum atomic E-state index is 12.0. The number of aromatic nitrogens is 1. The third-order valence-corrected chi connectivity index (χ3v) is 3.26. The number of anilines is 1. The van der Waals surface area contributed by atoms with Gasteiger partial charge in [-0.1, -0.05) is 0 Å². The number of benzene rings is 1. The molecule has 126 valence electrons. The van der Waals surface area contributed by atoms with E-state index in [0.717, 1.165) is 16.8 Å². The first-order chi connectivity index (χ1) is 11.4. The minimum absolute atomic E-state index is 0.205. The van der Waals surface area contributed by atoms with Crippen LogP contribution in [0, 0.1) is 17.0 Å². The van der Waals surface area contributed by atoms with Crippen LogP contribution in [0.5, 0.6) is 5.75 Å². The molecule has 8 heteroatoms. The van der Waals surface area contributed by atoms with E-state index in [0.29, 0.717) is 18.0 Å². The molecule has 8 nitrogen and oxygen atoms in total. The molecule has 1 N–H and O–H groups in total. The van der Waals surface area contributed by atoms with E-state index in [1.165, 1.54) is 6.92 Å². The van der Waals surface area contributed by atoms with Crippen LogP contribution in [0.4, 0.5) is 11.4 Å². The van der Waals surface area contributed by atoms with Crippen LogP contribution in [-0.2, 0) is 11.3 Å². The highest BCUT2D eigenvalue weighted by Crippen LogP contribution is 2.16. The molecule has 0 atom stereocenters. The lowest BCUT2D eigenvalue weighted by Gasteiger charge is -2.09. The number of nitrogens with zero attached hydrogens (tertiary/aromatic N) is 2. The van der Waals surface area contributed by atoms with Gasteiger partial charge >= 0.3 is 0 Å². The largest absolute Gasteiger partial charge is 0.494 e. The van der Waals surface area contributed by atoms with Gasteiger partial charge in [-0.2, -0.15) is 0 Å². The Morgan fingerprint density at radius 1 is 1.33 bits per heavy atom. The van der Waals surface area contributed by atoms with Gasteiger partial charge in [0.15, 0.2) is 0 Å². The van der Waals surface area contributed by atoms with Gasteiger partial charge in [-0.15, -0.1) is 0 Å². The number of nitrogens with one attached hydrogen (secondary N) is 1. The molecule has 0 fully saturated rings. The molecule has 24 heavy (non-hydrogen) atoms. The second-order valence-electron chi connectivity index (χ2n) is 5.07. The highest BCUT2D eigenvalue weighted by Gasteiger charge is 2.15. The summed E-state index contributed by atoms with van der Waals surface area (Å²) in [4.78, 5) is 34.2. The van der Waals surface area contributed by atoms with Crippen molar-refractivity contribution in [2.75, 3.05) is 11.9 Å². The van der Waals surface area contributed by atoms with Gasteiger partial charge in [0, 0.05) is 17.3 Å². The van der Waals surface area contributed by atoms with Crippen LogP contribution in [0.2, 0.25) is 0 Å². The van der Waals surface area contributed by atoms with E-state index in [1.807, 2.05) is 6.92 Å². The smallest absolute Gasteiger partial charge is 0.288 e. The monoisotopic (exact) mass is 331 g/mol. The summed E-state index contributed by atoms with van der Waals surface area (Å²) < 4.78 is 6.31. The van der Waals surface area contributed by atoms with Crippen molar-refractivity contribution < 1.29 is 14.5 Å². The Morgan fingerprint density at radius 3 is 2.58 bits per heavy atom. The molecule has 0 bridgehead atoms. The number of hydrogen-bond acceptors (Lipinski definition) is 5. The van der Waals surface area contributed by atoms with Crippen molar-refractivity contribution in [3.8, 4) is 5.75 Å². The second-order valence-corrected chi connectivity index (χ2v) is 5.07. The first-order valence-corrected chi connectivity index (χ1v) is 7.29. The van der Waals surface area contributed by atoms with E-state index in [2.05, 4.69) is 5.32 Å². The highest BCUT2D eigenvalue weighted by molar-refractivity contribution is 5.90. The molecule has 0 saturated heterocycles. The van der Waals surface area contributed by atoms with E-state index in [1.54, 1.807) is 24.3 Å². The topological polar surface area (TPSA) is 103 Å². The van der Waals surface area contributed by atoms with Crippen molar-refractivity contribution in [1.82, 2.24) is 4.57 Å². The molecule has 0 unspecified atom stereocenters. The minimum Gasteiger partial charge on any atom is -0.494 e. The number of amides is 1. The number of rotatable bonds is 6. The fourth-order valence-electron chi connectivity index (χ4n) is 2.13. The number of carbonyl (C=O) groups excluding carboxylic acids is 1. The van der Waals surface area contributed by atoms with Crippen LogP contribution >= 0.6 is 0 Å². The van der Waals surface area contributed by atoms with Crippen molar-refractivity contribution in [2.24, 2.45) is 0 Å². The van der Waals surface area contributed by atoms with Gasteiger partial charge in [-0.25, -0.2) is 0 Å². The van der Waals surface area contributed by atoms with Crippen LogP contribution < -0.4 is 15.6 Å². The third-order valence-electron chi connectivity index (χ3n) is 3.26. The molecule has 1 aromatic heterocycles. The Bertz CT molecular complexity index is 811. The number of aryl methyl sites for hydroxylation is 1. The average Bonchev–Trinajstić information content (AvgIpc) is 2.52. The number of pyridine rings is 1. The maximum Gasteiger partial charge on any atom is 0.288 e. The van der Waals surface area contributed by atoms with Gasteiger partial charge in [0.1, 0.15) is 12.3 Å². The van der Waals surface area contributed by atoms with Gasteiger partial charge in [0.2, 0.25) is 5.91 Å². The second kappa shape index (κ2) is 7.40. The zero-order chi connectivity index (χ0) is 17.7. The first kappa shape index (κ1) is 17.2. The molecule has 1 amide bonds. The number of nitro groups is 1. The average molecular weight is 331 g/mol. The van der Waals surface area contributed by atoms with E-state index in [4.69, 9.17) is 4.74 Å². The Balaban J connectivity index is 2.11. The first-order valence-electron chi connectivity index (χ1n) is 7.29. The summed E-state index contributed by atoms with van der Waals surface area (Å²) in [5.41, 5.74) is 0.120. The number of ether oxygens (including phenoxy) is 1. The third kappa shape index (κ3) is 4.19. The molecular weight excluding hydrogens is 314 g/mol. The molecule has 1 heterocycles. The Kier molecular flexibility index (Phi) is 5.31. The normalized spacial score (nSPS) is 10.2. The van der Waals surface area contributed by atoms with Crippen molar-refractivity contribution in [1.29, 1.82) is 0 Å². The molecule has 1 aromatic carbocycles. The van der Waals surface area contributed by atoms with Crippen LogP contribution in [-0.4, -0.2) is 22.0 Å². The van der Waals surface area contributed by atoms with Crippen LogP contribution in [0.1, 0.15) is 12.5 Å². The fourth-order valence-corrected chi connectivity index (χ4v) is 2.13. The Hall–Kier alpha value is -3.16. The lowest BCUT2D eigenvalue weighted by atomic mass is 10.2. The summed E-state index contributed by atoms with van der Waals surface area (Å²) in [6, 6.07) is 7.90. The van der Waals surface area contributed by atoms with Gasteiger partial charge in [-0.3, -0.25) is 24.3 Å². The lowest BCUT2D eigenvalue weighted by molar-refractivity contribution is -0.385. The predicted octanol–water partition coefficient (Wildman–Crippen LogP) is 2.10. The van der Waals surface area contributed by atoms with Gasteiger partial charge in [0.25, 0.3) is 11.2 Å². The van der Waals surface area contributed by atoms with Crippen molar-refractivity contribution in [3.63, 3.8) is 0 Å². The van der Waals surface area contributed by atoms with Crippen LogP contribution in [0.25, 0.3) is 0 Å². The number of carbonyl (C=O) groups is 1. The quantitative estimate of drug-likeness (QED) is 0.645. The van der Waals surface area contributed by atoms with Crippen LogP contribution in [0.15, 0.2) is 41.3 Å². The molecule has 2 rings (SSSR count). The molecule has 0 spiro atoms. The summed E-state index contributed by atoms with van der Waals surface area (Å²) in [6.07, 6.45) is 1.08. The van der Waals surface area contributed by atoms with Crippen molar-refractivity contribution >= 4 is 17.3 Å². The van der Waals surface area contributed by atoms with Crippen molar-refractivity contribution in [3.05, 3.63) is 62.6 Å². The number of hydrogen-bond donors (Lipinski definition) is 1. The summed E-state index contributed by atoms with van der Waals surface area (Å²) in [5.74, 6) is 0.222. The van der Waals surface area contributed by atoms with Crippen LogP contribution in [0.3, 0.4) is 0 Å². The van der Waals surface area contributed by atoms with E-state index >= 15 is 0 Å². The van der Waals surface area contributed by atoms with E-state index in [9.17, 15) is 19.7 Å². The summed E-state index contributed by atoms with van der Waals surface area (Å²) >= 11 is 0. The molecule has 0 aliphatic rings. The summed E-state index contributed by atoms with van der Waals surface area (Å²) in [6.45, 7) is 3.58. The van der Waals surface area contributed by atoms with E-state index < -0.39 is 16.4 Å². The molecule has 2 aromatic rings. The summed E-state index contributed by atoms with van der Waals surface area (Å²) in [7, 11) is 0. The SMILES string of the molecule is CCOc1ccc(NC(=O)Cn2cc([N+](=O)[O-])c(C)cc2=O)cc1. The minimum atomic E-state index is -0.588. The zero-order valence-corrected chi connectivity index (χ0v) is 13.3. The molecule has 0 saturated carbocycles. The fraction of sp³-hybridized carbons (Fsp3) is 0.250. The Labute approximate surface area is 137 Å².